The molecule has 0 aliphatic rings. The average molecular weight is 328 g/mol. The number of benzene rings is 1. The quantitative estimate of drug-likeness (QED) is 0.544. The smallest absolute Gasteiger partial charge is 0.278 e. The molecule has 3 aromatic rings. The molecule has 0 amide bonds. The van der Waals surface area contributed by atoms with E-state index in [-0.39, 0.29) is 11.7 Å². The van der Waals surface area contributed by atoms with Gasteiger partial charge in [-0.2, -0.15) is 10.1 Å². The lowest BCUT2D eigenvalue weighted by Gasteiger charge is -2.04. The van der Waals surface area contributed by atoms with E-state index in [1.54, 1.807) is 24.4 Å². The summed E-state index contributed by atoms with van der Waals surface area (Å²) >= 11 is 0. The molecule has 0 saturated heterocycles. The van der Waals surface area contributed by atoms with E-state index in [4.69, 9.17) is 4.52 Å². The molecule has 9 heteroatoms. The van der Waals surface area contributed by atoms with Gasteiger partial charge in [0.25, 0.3) is 11.6 Å². The van der Waals surface area contributed by atoms with Crippen molar-refractivity contribution in [2.75, 3.05) is 7.05 Å². The van der Waals surface area contributed by atoms with E-state index < -0.39 is 4.92 Å². The van der Waals surface area contributed by atoms with Crippen molar-refractivity contribution < 1.29 is 9.45 Å². The number of likely N-dealkylation sites (N-methyl/N-ethyl adjacent to an activating group) is 1. The highest BCUT2D eigenvalue weighted by molar-refractivity contribution is 5.48. The first-order valence-electron chi connectivity index (χ1n) is 7.37. The highest BCUT2D eigenvalue weighted by Crippen LogP contribution is 2.19. The Morgan fingerprint density at radius 1 is 1.42 bits per heavy atom. The van der Waals surface area contributed by atoms with E-state index in [1.165, 1.54) is 16.8 Å². The molecular formula is C15H16N6O3. The van der Waals surface area contributed by atoms with Gasteiger partial charge in [-0.3, -0.25) is 10.1 Å². The third-order valence-electron chi connectivity index (χ3n) is 3.56. The first-order chi connectivity index (χ1) is 11.6. The number of nitrogens with one attached hydrogen (secondary N) is 1. The minimum absolute atomic E-state index is 0.00526. The van der Waals surface area contributed by atoms with Crippen molar-refractivity contribution in [1.82, 2.24) is 25.2 Å². The van der Waals surface area contributed by atoms with Crippen LogP contribution in [-0.2, 0) is 6.42 Å². The number of nitrogens with zero attached hydrogens (tertiary/aromatic N) is 5. The van der Waals surface area contributed by atoms with Gasteiger partial charge in [0.2, 0.25) is 0 Å². The van der Waals surface area contributed by atoms with E-state index in [9.17, 15) is 10.1 Å². The fraction of sp³-hybridized carbons (Fsp3) is 0.267. The van der Waals surface area contributed by atoms with Crippen molar-refractivity contribution in [2.24, 2.45) is 0 Å². The predicted octanol–water partition coefficient (Wildman–Crippen LogP) is 1.98. The van der Waals surface area contributed by atoms with Crippen molar-refractivity contribution in [3.63, 3.8) is 0 Å². The SMILES string of the molecule is CNC(C)Cc1noc(-c2ccn(-c3cccc([N+](=O)[O-])c3)n2)n1. The summed E-state index contributed by atoms with van der Waals surface area (Å²) in [5.74, 6) is 0.911. The molecule has 0 saturated carbocycles. The van der Waals surface area contributed by atoms with Gasteiger partial charge in [0, 0.05) is 30.8 Å². The largest absolute Gasteiger partial charge is 0.332 e. The molecule has 1 unspecified atom stereocenters. The lowest BCUT2D eigenvalue weighted by atomic mass is 10.2. The number of nitro groups is 1. The van der Waals surface area contributed by atoms with Gasteiger partial charge in [-0.25, -0.2) is 4.68 Å². The summed E-state index contributed by atoms with van der Waals surface area (Å²) in [7, 11) is 1.87. The molecule has 1 aromatic carbocycles. The van der Waals surface area contributed by atoms with E-state index in [0.29, 0.717) is 29.5 Å². The summed E-state index contributed by atoms with van der Waals surface area (Å²) < 4.78 is 6.76. The molecule has 24 heavy (non-hydrogen) atoms. The standard InChI is InChI=1S/C15H16N6O3/c1-10(16-2)8-14-17-15(24-19-14)13-6-7-20(18-13)11-4-3-5-12(9-11)21(22)23/h3-7,9-10,16H,8H2,1-2H3. The summed E-state index contributed by atoms with van der Waals surface area (Å²) in [4.78, 5) is 14.7. The molecule has 1 N–H and O–H groups in total. The van der Waals surface area contributed by atoms with Gasteiger partial charge in [0.15, 0.2) is 11.5 Å². The van der Waals surface area contributed by atoms with Crippen molar-refractivity contribution in [3.8, 4) is 17.3 Å². The van der Waals surface area contributed by atoms with Crippen LogP contribution in [0.25, 0.3) is 17.3 Å². The molecule has 2 aromatic heterocycles. The number of hydrogen-bond donors (Lipinski definition) is 1. The van der Waals surface area contributed by atoms with Crippen LogP contribution in [0.1, 0.15) is 12.7 Å². The Morgan fingerprint density at radius 2 is 2.25 bits per heavy atom. The van der Waals surface area contributed by atoms with Crippen LogP contribution in [0.2, 0.25) is 0 Å². The molecule has 1 atom stereocenters. The van der Waals surface area contributed by atoms with Crippen LogP contribution in [0.4, 0.5) is 5.69 Å². The number of non-ortho nitro benzene ring substituents is 1. The lowest BCUT2D eigenvalue weighted by Crippen LogP contribution is -2.24. The van der Waals surface area contributed by atoms with Crippen LogP contribution in [0.5, 0.6) is 0 Å². The second-order valence-corrected chi connectivity index (χ2v) is 5.33. The van der Waals surface area contributed by atoms with Gasteiger partial charge in [-0.15, -0.1) is 0 Å². The van der Waals surface area contributed by atoms with Crippen molar-refractivity contribution in [2.45, 2.75) is 19.4 Å². The van der Waals surface area contributed by atoms with Gasteiger partial charge in [-0.1, -0.05) is 11.2 Å². The first kappa shape index (κ1) is 15.8. The fourth-order valence-corrected chi connectivity index (χ4v) is 2.15. The van der Waals surface area contributed by atoms with E-state index >= 15 is 0 Å². The first-order valence-corrected chi connectivity index (χ1v) is 7.37. The topological polar surface area (TPSA) is 112 Å². The molecule has 0 fully saturated rings. The molecule has 3 rings (SSSR count). The third-order valence-corrected chi connectivity index (χ3v) is 3.56. The molecule has 0 aliphatic carbocycles. The Bertz CT molecular complexity index is 856. The monoisotopic (exact) mass is 328 g/mol. The highest BCUT2D eigenvalue weighted by Gasteiger charge is 2.14. The van der Waals surface area contributed by atoms with Crippen molar-refractivity contribution in [3.05, 3.63) is 52.5 Å². The number of hydrogen-bond acceptors (Lipinski definition) is 7. The van der Waals surface area contributed by atoms with Crippen LogP contribution in [-0.4, -0.2) is 37.9 Å². The summed E-state index contributed by atoms with van der Waals surface area (Å²) in [6, 6.07) is 8.18. The van der Waals surface area contributed by atoms with Crippen molar-refractivity contribution in [1.29, 1.82) is 0 Å². The zero-order valence-corrected chi connectivity index (χ0v) is 13.2. The molecule has 0 radical (unpaired) electrons. The predicted molar refractivity (Wildman–Crippen MR) is 85.7 cm³/mol. The summed E-state index contributed by atoms with van der Waals surface area (Å²) in [5.41, 5.74) is 1.10. The van der Waals surface area contributed by atoms with E-state index in [0.717, 1.165) is 0 Å². The minimum atomic E-state index is -0.443. The Hall–Kier alpha value is -3.07. The molecule has 124 valence electrons. The average Bonchev–Trinajstić information content (AvgIpc) is 3.24. The number of aromatic nitrogens is 4. The molecular weight excluding hydrogens is 312 g/mol. The van der Waals surface area contributed by atoms with Gasteiger partial charge in [-0.05, 0) is 26.1 Å². The van der Waals surface area contributed by atoms with Gasteiger partial charge < -0.3 is 9.84 Å². The molecule has 0 spiro atoms. The zero-order valence-electron chi connectivity index (χ0n) is 13.2. The lowest BCUT2D eigenvalue weighted by molar-refractivity contribution is -0.384. The van der Waals surface area contributed by atoms with Gasteiger partial charge in [0.05, 0.1) is 10.6 Å². The maximum Gasteiger partial charge on any atom is 0.278 e. The number of rotatable bonds is 6. The summed E-state index contributed by atoms with van der Waals surface area (Å²) in [5, 5.41) is 22.3. The third kappa shape index (κ3) is 3.30. The Kier molecular flexibility index (Phi) is 4.34. The minimum Gasteiger partial charge on any atom is -0.332 e. The maximum absolute atomic E-state index is 10.9. The highest BCUT2D eigenvalue weighted by atomic mass is 16.6. The Labute approximate surface area is 137 Å². The van der Waals surface area contributed by atoms with Gasteiger partial charge >= 0.3 is 0 Å². The summed E-state index contributed by atoms with van der Waals surface area (Å²) in [6.07, 6.45) is 2.33. The van der Waals surface area contributed by atoms with Crippen LogP contribution < -0.4 is 5.32 Å². The van der Waals surface area contributed by atoms with Crippen LogP contribution >= 0.6 is 0 Å². The normalized spacial score (nSPS) is 12.2. The second-order valence-electron chi connectivity index (χ2n) is 5.33. The van der Waals surface area contributed by atoms with Crippen LogP contribution in [0.3, 0.4) is 0 Å². The fourth-order valence-electron chi connectivity index (χ4n) is 2.15. The van der Waals surface area contributed by atoms with E-state index in [1.807, 2.05) is 14.0 Å². The van der Waals surface area contributed by atoms with Crippen LogP contribution in [0.15, 0.2) is 41.1 Å². The maximum atomic E-state index is 10.9. The Balaban J connectivity index is 1.83. The summed E-state index contributed by atoms with van der Waals surface area (Å²) in [6.45, 7) is 2.02. The second kappa shape index (κ2) is 6.59. The van der Waals surface area contributed by atoms with Gasteiger partial charge in [0.1, 0.15) is 0 Å². The van der Waals surface area contributed by atoms with Crippen molar-refractivity contribution >= 4 is 5.69 Å². The molecule has 2 heterocycles. The number of nitro benzene ring substituents is 1. The molecule has 0 bridgehead atoms. The molecule has 0 aliphatic heterocycles. The Morgan fingerprint density at radius 3 is 3.00 bits per heavy atom. The molecule has 9 nitrogen and oxygen atoms in total. The van der Waals surface area contributed by atoms with E-state index in [2.05, 4.69) is 20.6 Å². The zero-order chi connectivity index (χ0) is 17.1. The van der Waals surface area contributed by atoms with Crippen LogP contribution in [0, 0.1) is 10.1 Å².